The molecule has 224 valence electrons. The quantitative estimate of drug-likeness (QED) is 0.320. The first-order chi connectivity index (χ1) is 20.4. The molecule has 0 bridgehead atoms. The van der Waals surface area contributed by atoms with Gasteiger partial charge in [-0.15, -0.1) is 0 Å². The minimum absolute atomic E-state index is 0.153. The number of aryl methyl sites for hydroxylation is 1. The van der Waals surface area contributed by atoms with Gasteiger partial charge in [0.2, 0.25) is 6.23 Å². The van der Waals surface area contributed by atoms with Gasteiger partial charge in [0.25, 0.3) is 5.91 Å². The fourth-order valence-electron chi connectivity index (χ4n) is 4.89. The first kappa shape index (κ1) is 29.5. The standard InChI is InChI=1S/C28H28F3N9O3/c1-17(2)36-25(41)26(43-27(42)28(29,30)31)39-8-6-38(7-9-39)23-5-4-18(12-33-23)22-10-19(21-14-34-37(3)15-21)16-40-24(22)20(11-32)13-35-40/h4-5,10,12-17,26H,6-9H2,1-3H3,(H,36,41). The molecule has 43 heavy (non-hydrogen) atoms. The summed E-state index contributed by atoms with van der Waals surface area (Å²) in [6, 6.07) is 7.46. The van der Waals surface area contributed by atoms with Crippen molar-refractivity contribution in [3.63, 3.8) is 0 Å². The van der Waals surface area contributed by atoms with Gasteiger partial charge in [0.15, 0.2) is 0 Å². The number of rotatable bonds is 7. The first-order valence-electron chi connectivity index (χ1n) is 13.4. The lowest BCUT2D eigenvalue weighted by Gasteiger charge is -2.38. The molecule has 1 aliphatic rings. The van der Waals surface area contributed by atoms with E-state index in [1.54, 1.807) is 35.4 Å². The maximum atomic E-state index is 12.9. The van der Waals surface area contributed by atoms with E-state index in [1.165, 1.54) is 11.1 Å². The van der Waals surface area contributed by atoms with Crippen molar-refractivity contribution in [1.29, 1.82) is 5.26 Å². The van der Waals surface area contributed by atoms with E-state index in [0.29, 0.717) is 30.0 Å². The Morgan fingerprint density at radius 2 is 1.77 bits per heavy atom. The Morgan fingerprint density at radius 1 is 1.02 bits per heavy atom. The molecule has 5 heterocycles. The molecule has 1 fully saturated rings. The van der Waals surface area contributed by atoms with Crippen molar-refractivity contribution in [3.8, 4) is 28.3 Å². The number of esters is 1. The number of nitrogens with zero attached hydrogens (tertiary/aromatic N) is 8. The van der Waals surface area contributed by atoms with Crippen molar-refractivity contribution in [2.24, 2.45) is 7.05 Å². The summed E-state index contributed by atoms with van der Waals surface area (Å²) < 4.78 is 46.6. The van der Waals surface area contributed by atoms with E-state index >= 15 is 0 Å². The number of carbonyl (C=O) groups is 2. The highest BCUT2D eigenvalue weighted by atomic mass is 19.4. The molecule has 1 unspecified atom stereocenters. The highest BCUT2D eigenvalue weighted by molar-refractivity contribution is 5.87. The van der Waals surface area contributed by atoms with Crippen LogP contribution in [0, 0.1) is 11.3 Å². The van der Waals surface area contributed by atoms with Gasteiger partial charge in [-0.2, -0.15) is 28.6 Å². The Morgan fingerprint density at radius 3 is 2.35 bits per heavy atom. The number of nitriles is 1. The molecule has 1 atom stereocenters. The van der Waals surface area contributed by atoms with Crippen LogP contribution in [0.3, 0.4) is 0 Å². The fraction of sp³-hybridized carbons (Fsp3) is 0.357. The van der Waals surface area contributed by atoms with Crippen LogP contribution < -0.4 is 10.2 Å². The van der Waals surface area contributed by atoms with Gasteiger partial charge in [-0.3, -0.25) is 14.4 Å². The normalized spacial score (nSPS) is 15.0. The van der Waals surface area contributed by atoms with E-state index < -0.39 is 24.3 Å². The second kappa shape index (κ2) is 11.7. The zero-order valence-electron chi connectivity index (χ0n) is 23.5. The third kappa shape index (κ3) is 6.28. The van der Waals surface area contributed by atoms with Crippen LogP contribution in [0.2, 0.25) is 0 Å². The Labute approximate surface area is 244 Å². The summed E-state index contributed by atoms with van der Waals surface area (Å²) in [7, 11) is 1.82. The number of ether oxygens (including phenoxy) is 1. The van der Waals surface area contributed by atoms with Gasteiger partial charge >= 0.3 is 12.1 Å². The lowest BCUT2D eigenvalue weighted by molar-refractivity contribution is -0.213. The number of alkyl halides is 3. The Hall–Kier alpha value is -4.97. The van der Waals surface area contributed by atoms with Crippen molar-refractivity contribution in [2.75, 3.05) is 31.1 Å². The van der Waals surface area contributed by atoms with E-state index in [0.717, 1.165) is 22.3 Å². The van der Waals surface area contributed by atoms with Gasteiger partial charge in [0, 0.05) is 80.1 Å². The molecule has 0 radical (unpaired) electrons. The molecule has 0 saturated carbocycles. The third-order valence-electron chi connectivity index (χ3n) is 6.90. The summed E-state index contributed by atoms with van der Waals surface area (Å²) in [6.07, 6.45) is 1.70. The third-order valence-corrected chi connectivity index (χ3v) is 6.90. The lowest BCUT2D eigenvalue weighted by Crippen LogP contribution is -2.58. The number of hydrogen-bond acceptors (Lipinski definition) is 9. The van der Waals surface area contributed by atoms with E-state index in [1.807, 2.05) is 42.5 Å². The summed E-state index contributed by atoms with van der Waals surface area (Å²) >= 11 is 0. The average molecular weight is 596 g/mol. The molecule has 4 aromatic heterocycles. The number of anilines is 1. The summed E-state index contributed by atoms with van der Waals surface area (Å²) in [5.41, 5.74) is 4.28. The minimum atomic E-state index is -5.22. The van der Waals surface area contributed by atoms with Crippen LogP contribution >= 0.6 is 0 Å². The number of hydrogen-bond donors (Lipinski definition) is 1. The Balaban J connectivity index is 1.35. The Bertz CT molecular complexity index is 1680. The Kier molecular flexibility index (Phi) is 8.05. The van der Waals surface area contributed by atoms with E-state index in [-0.39, 0.29) is 19.1 Å². The van der Waals surface area contributed by atoms with Crippen molar-refractivity contribution < 1.29 is 27.5 Å². The number of piperazine rings is 1. The molecular formula is C28H28F3N9O3. The van der Waals surface area contributed by atoms with Gasteiger partial charge in [-0.25, -0.2) is 14.3 Å². The van der Waals surface area contributed by atoms with E-state index in [2.05, 4.69) is 31.3 Å². The van der Waals surface area contributed by atoms with Crippen LogP contribution in [0.4, 0.5) is 19.0 Å². The second-order valence-corrected chi connectivity index (χ2v) is 10.4. The van der Waals surface area contributed by atoms with Crippen molar-refractivity contribution in [2.45, 2.75) is 32.3 Å². The topological polar surface area (TPSA) is 134 Å². The molecule has 0 spiro atoms. The monoisotopic (exact) mass is 595 g/mol. The van der Waals surface area contributed by atoms with Crippen LogP contribution in [0.25, 0.3) is 27.8 Å². The molecule has 12 nitrogen and oxygen atoms in total. The van der Waals surface area contributed by atoms with Gasteiger partial charge < -0.3 is 15.0 Å². The summed E-state index contributed by atoms with van der Waals surface area (Å²) in [5.74, 6) is -2.62. The number of halogens is 3. The number of aromatic nitrogens is 5. The zero-order valence-corrected chi connectivity index (χ0v) is 23.5. The molecule has 1 amide bonds. The molecule has 0 aromatic carbocycles. The van der Waals surface area contributed by atoms with Crippen LogP contribution in [-0.4, -0.2) is 85.8 Å². The average Bonchev–Trinajstić information content (AvgIpc) is 3.60. The molecular weight excluding hydrogens is 567 g/mol. The molecule has 1 saturated heterocycles. The first-order valence-corrected chi connectivity index (χ1v) is 13.4. The zero-order chi connectivity index (χ0) is 30.9. The van der Waals surface area contributed by atoms with Crippen LogP contribution in [0.5, 0.6) is 0 Å². The second-order valence-electron chi connectivity index (χ2n) is 10.4. The number of pyridine rings is 2. The van der Waals surface area contributed by atoms with Gasteiger partial charge in [0.1, 0.15) is 11.9 Å². The molecule has 1 aliphatic heterocycles. The van der Waals surface area contributed by atoms with Crippen LogP contribution in [0.1, 0.15) is 19.4 Å². The molecule has 15 heteroatoms. The molecule has 0 aliphatic carbocycles. The summed E-state index contributed by atoms with van der Waals surface area (Å²) in [5, 5.41) is 20.8. The molecule has 4 aromatic rings. The summed E-state index contributed by atoms with van der Waals surface area (Å²) in [4.78, 5) is 32.1. The van der Waals surface area contributed by atoms with Crippen LogP contribution in [0.15, 0.2) is 49.2 Å². The number of fused-ring (bicyclic) bond motifs is 1. The predicted molar refractivity (Wildman–Crippen MR) is 148 cm³/mol. The van der Waals surface area contributed by atoms with Crippen molar-refractivity contribution >= 4 is 23.2 Å². The maximum Gasteiger partial charge on any atom is 0.490 e. The number of carbonyl (C=O) groups excluding carboxylic acids is 2. The van der Waals surface area contributed by atoms with E-state index in [4.69, 9.17) is 0 Å². The fourth-order valence-corrected chi connectivity index (χ4v) is 4.89. The number of nitrogens with one attached hydrogen (secondary N) is 1. The smallest absolute Gasteiger partial charge is 0.430 e. The maximum absolute atomic E-state index is 12.9. The van der Waals surface area contributed by atoms with E-state index in [9.17, 15) is 28.0 Å². The molecule has 1 N–H and O–H groups in total. The van der Waals surface area contributed by atoms with Gasteiger partial charge in [-0.1, -0.05) is 0 Å². The lowest BCUT2D eigenvalue weighted by atomic mass is 10.0. The predicted octanol–water partition coefficient (Wildman–Crippen LogP) is 2.75. The van der Waals surface area contributed by atoms with Crippen molar-refractivity contribution in [1.82, 2.24) is 34.6 Å². The van der Waals surface area contributed by atoms with Crippen molar-refractivity contribution in [3.05, 3.63) is 54.7 Å². The van der Waals surface area contributed by atoms with Crippen LogP contribution in [-0.2, 0) is 21.4 Å². The number of amides is 1. The van der Waals surface area contributed by atoms with Gasteiger partial charge in [0.05, 0.1) is 23.5 Å². The molecule has 5 rings (SSSR count). The van der Waals surface area contributed by atoms with Gasteiger partial charge in [-0.05, 0) is 32.0 Å². The highest BCUT2D eigenvalue weighted by Gasteiger charge is 2.45. The SMILES string of the molecule is CC(C)NC(=O)C(OC(=O)C(F)(F)F)N1CCN(c2ccc(-c3cc(-c4cnn(C)c4)cn4ncc(C#N)c34)cn2)CC1. The largest absolute Gasteiger partial charge is 0.490 e. The highest BCUT2D eigenvalue weighted by Crippen LogP contribution is 2.32. The minimum Gasteiger partial charge on any atom is -0.430 e. The summed E-state index contributed by atoms with van der Waals surface area (Å²) in [6.45, 7) is 4.26.